The lowest BCUT2D eigenvalue weighted by Crippen LogP contribution is -2.44. The quantitative estimate of drug-likeness (QED) is 0.642. The molecule has 128 valence electrons. The molecule has 0 unspecified atom stereocenters. The fourth-order valence-corrected chi connectivity index (χ4v) is 7.21. The number of hydrogen-bond acceptors (Lipinski definition) is 6. The number of thioether (sulfide) groups is 2. The van der Waals surface area contributed by atoms with Gasteiger partial charge in [-0.15, -0.1) is 23.5 Å². The minimum atomic E-state index is -0.451. The van der Waals surface area contributed by atoms with Gasteiger partial charge in [0.25, 0.3) is 11.6 Å². The monoisotopic (exact) mass is 365 g/mol. The summed E-state index contributed by atoms with van der Waals surface area (Å²) < 4.78 is 0.348. The molecule has 1 aromatic rings. The molecule has 4 rings (SSSR count). The molecule has 3 aliphatic rings. The molecule has 1 spiro atoms. The highest BCUT2D eigenvalue weighted by Gasteiger charge is 2.47. The van der Waals surface area contributed by atoms with Crippen molar-refractivity contribution in [2.24, 2.45) is 5.92 Å². The second-order valence-electron chi connectivity index (χ2n) is 6.57. The largest absolute Gasteiger partial charge is 0.273 e. The van der Waals surface area contributed by atoms with E-state index in [1.54, 1.807) is 5.01 Å². The molecule has 24 heavy (non-hydrogen) atoms. The Morgan fingerprint density at radius 3 is 2.67 bits per heavy atom. The van der Waals surface area contributed by atoms with Crippen LogP contribution in [0.25, 0.3) is 0 Å². The lowest BCUT2D eigenvalue weighted by Gasteiger charge is -2.37. The Labute approximate surface area is 148 Å². The summed E-state index contributed by atoms with van der Waals surface area (Å²) in [5.74, 6) is 2.88. The second kappa shape index (κ2) is 6.24. The van der Waals surface area contributed by atoms with Gasteiger partial charge in [-0.2, -0.15) is 0 Å². The molecule has 0 aromatic heterocycles. The first-order valence-corrected chi connectivity index (χ1v) is 10.1. The molecule has 1 aromatic carbocycles. The zero-order valence-corrected chi connectivity index (χ0v) is 14.8. The fraction of sp³-hybridized carbons (Fsp3) is 0.562. The summed E-state index contributed by atoms with van der Waals surface area (Å²) in [5.41, 5.74) is 3.90. The number of rotatable bonds is 2. The van der Waals surface area contributed by atoms with Gasteiger partial charge in [0.2, 0.25) is 0 Å². The number of benzene rings is 1. The van der Waals surface area contributed by atoms with Crippen LogP contribution in [-0.2, 0) is 0 Å². The maximum absolute atomic E-state index is 12.7. The van der Waals surface area contributed by atoms with E-state index in [4.69, 9.17) is 0 Å². The third kappa shape index (κ3) is 2.91. The van der Waals surface area contributed by atoms with Crippen molar-refractivity contribution < 1.29 is 9.72 Å². The van der Waals surface area contributed by atoms with Crippen molar-refractivity contribution >= 4 is 35.1 Å². The van der Waals surface area contributed by atoms with E-state index >= 15 is 0 Å². The Balaban J connectivity index is 1.44. The molecule has 3 fully saturated rings. The number of carbonyl (C=O) groups excluding carboxylic acids is 1. The van der Waals surface area contributed by atoms with Crippen molar-refractivity contribution in [3.63, 3.8) is 0 Å². The molecule has 1 N–H and O–H groups in total. The van der Waals surface area contributed by atoms with Crippen LogP contribution < -0.4 is 5.43 Å². The first-order valence-electron chi connectivity index (χ1n) is 8.17. The third-order valence-electron chi connectivity index (χ3n) is 5.12. The normalized spacial score (nSPS) is 28.1. The SMILES string of the molecule is O=C(c1ccc([N+](=O)[O-])cc1)N1C[C@H]2CCC3(C[C@@H]2N1)SCCS3. The van der Waals surface area contributed by atoms with Gasteiger partial charge in [0.05, 0.1) is 9.00 Å². The number of amides is 1. The van der Waals surface area contributed by atoms with Crippen molar-refractivity contribution in [1.29, 1.82) is 0 Å². The lowest BCUT2D eigenvalue weighted by atomic mass is 9.85. The average molecular weight is 365 g/mol. The number of hydrazine groups is 1. The van der Waals surface area contributed by atoms with Crippen LogP contribution >= 0.6 is 23.5 Å². The first-order chi connectivity index (χ1) is 11.6. The predicted molar refractivity (Wildman–Crippen MR) is 96.0 cm³/mol. The first kappa shape index (κ1) is 16.2. The van der Waals surface area contributed by atoms with E-state index in [0.29, 0.717) is 21.6 Å². The van der Waals surface area contributed by atoms with Crippen LogP contribution in [0.4, 0.5) is 5.69 Å². The van der Waals surface area contributed by atoms with Crippen LogP contribution in [0.5, 0.6) is 0 Å². The predicted octanol–water partition coefficient (Wildman–Crippen LogP) is 2.90. The molecule has 2 aliphatic heterocycles. The van der Waals surface area contributed by atoms with Crippen molar-refractivity contribution in [3.8, 4) is 0 Å². The molecule has 2 atom stereocenters. The summed E-state index contributed by atoms with van der Waals surface area (Å²) in [6, 6.07) is 6.20. The fourth-order valence-electron chi connectivity index (χ4n) is 3.85. The molecule has 1 saturated carbocycles. The minimum Gasteiger partial charge on any atom is -0.273 e. The molecule has 0 radical (unpaired) electrons. The number of nitrogens with zero attached hydrogens (tertiary/aromatic N) is 2. The van der Waals surface area contributed by atoms with Crippen LogP contribution in [0.1, 0.15) is 29.6 Å². The topological polar surface area (TPSA) is 75.5 Å². The standard InChI is InChI=1S/C16H19N3O3S2/c20-15(11-1-3-13(4-2-11)19(21)22)18-10-12-5-6-16(9-14(12)17-18)23-7-8-24-16/h1-4,12,14,17H,5-10H2/t12-,14+/m1/s1. The maximum Gasteiger partial charge on any atom is 0.269 e. The van der Waals surface area contributed by atoms with E-state index in [2.05, 4.69) is 28.9 Å². The van der Waals surface area contributed by atoms with Gasteiger partial charge in [-0.25, -0.2) is 5.43 Å². The third-order valence-corrected chi connectivity index (χ3v) is 8.69. The highest BCUT2D eigenvalue weighted by atomic mass is 32.2. The maximum atomic E-state index is 12.7. The van der Waals surface area contributed by atoms with E-state index in [9.17, 15) is 14.9 Å². The van der Waals surface area contributed by atoms with Gasteiger partial charge >= 0.3 is 0 Å². The van der Waals surface area contributed by atoms with E-state index in [1.165, 1.54) is 42.2 Å². The number of fused-ring (bicyclic) bond motifs is 1. The summed E-state index contributed by atoms with van der Waals surface area (Å²) in [6.07, 6.45) is 3.49. The van der Waals surface area contributed by atoms with E-state index in [0.717, 1.165) is 19.4 Å². The Hall–Kier alpha value is -1.25. The molecule has 1 aliphatic carbocycles. The highest BCUT2D eigenvalue weighted by Crippen LogP contribution is 2.54. The van der Waals surface area contributed by atoms with Crippen molar-refractivity contribution in [3.05, 3.63) is 39.9 Å². The average Bonchev–Trinajstić information content (AvgIpc) is 3.21. The summed E-state index contributed by atoms with van der Waals surface area (Å²) >= 11 is 4.16. The molecule has 2 saturated heterocycles. The smallest absolute Gasteiger partial charge is 0.269 e. The minimum absolute atomic E-state index is 0.00632. The van der Waals surface area contributed by atoms with Crippen molar-refractivity contribution in [2.75, 3.05) is 18.1 Å². The van der Waals surface area contributed by atoms with Crippen LogP contribution in [0.3, 0.4) is 0 Å². The highest BCUT2D eigenvalue weighted by molar-refractivity contribution is 8.21. The van der Waals surface area contributed by atoms with Crippen molar-refractivity contribution in [1.82, 2.24) is 10.4 Å². The molecular formula is C16H19N3O3S2. The van der Waals surface area contributed by atoms with Gasteiger partial charge in [0, 0.05) is 41.8 Å². The summed E-state index contributed by atoms with van der Waals surface area (Å²) in [7, 11) is 0. The summed E-state index contributed by atoms with van der Waals surface area (Å²) in [4.78, 5) is 22.9. The second-order valence-corrected chi connectivity index (χ2v) is 9.78. The van der Waals surface area contributed by atoms with Gasteiger partial charge in [0.15, 0.2) is 0 Å². The van der Waals surface area contributed by atoms with Crippen LogP contribution in [0.2, 0.25) is 0 Å². The lowest BCUT2D eigenvalue weighted by molar-refractivity contribution is -0.384. The van der Waals surface area contributed by atoms with Gasteiger partial charge in [0.1, 0.15) is 0 Å². The van der Waals surface area contributed by atoms with E-state index in [1.807, 2.05) is 0 Å². The van der Waals surface area contributed by atoms with Gasteiger partial charge in [-0.05, 0) is 37.3 Å². The molecule has 8 heteroatoms. The summed E-state index contributed by atoms with van der Waals surface area (Å²) in [5, 5.41) is 12.4. The number of nitro groups is 1. The molecule has 6 nitrogen and oxygen atoms in total. The zero-order chi connectivity index (χ0) is 16.7. The number of carbonyl (C=O) groups is 1. The number of hydrogen-bond donors (Lipinski definition) is 1. The van der Waals surface area contributed by atoms with Gasteiger partial charge < -0.3 is 0 Å². The Morgan fingerprint density at radius 2 is 2.00 bits per heavy atom. The van der Waals surface area contributed by atoms with Crippen LogP contribution in [0, 0.1) is 16.0 Å². The number of nitro benzene ring substituents is 1. The van der Waals surface area contributed by atoms with Crippen LogP contribution in [0.15, 0.2) is 24.3 Å². The van der Waals surface area contributed by atoms with Gasteiger partial charge in [-0.3, -0.25) is 19.9 Å². The Bertz CT molecular complexity index is 661. The molecule has 2 heterocycles. The molecular weight excluding hydrogens is 346 g/mol. The number of nitrogens with one attached hydrogen (secondary N) is 1. The molecule has 1 amide bonds. The zero-order valence-electron chi connectivity index (χ0n) is 13.1. The number of non-ortho nitro benzene ring substituents is 1. The summed E-state index contributed by atoms with van der Waals surface area (Å²) in [6.45, 7) is 0.728. The molecule has 0 bridgehead atoms. The van der Waals surface area contributed by atoms with Crippen molar-refractivity contribution in [2.45, 2.75) is 29.4 Å². The van der Waals surface area contributed by atoms with Crippen LogP contribution in [-0.4, -0.2) is 44.0 Å². The Morgan fingerprint density at radius 1 is 1.29 bits per heavy atom. The van der Waals surface area contributed by atoms with E-state index in [-0.39, 0.29) is 11.6 Å². The Kier molecular flexibility index (Phi) is 4.22. The van der Waals surface area contributed by atoms with E-state index < -0.39 is 4.92 Å². The van der Waals surface area contributed by atoms with Gasteiger partial charge in [-0.1, -0.05) is 0 Å².